The first-order valence-corrected chi connectivity index (χ1v) is 7.54. The van der Waals surface area contributed by atoms with E-state index in [2.05, 4.69) is 32.5 Å². The summed E-state index contributed by atoms with van der Waals surface area (Å²) in [7, 11) is 4.19. The monoisotopic (exact) mass is 294 g/mol. The zero-order valence-electron chi connectivity index (χ0n) is 13.1. The Hall–Kier alpha value is -0.830. The van der Waals surface area contributed by atoms with E-state index in [0.29, 0.717) is 0 Å². The minimum absolute atomic E-state index is 0.269. The third-order valence-electron chi connectivity index (χ3n) is 3.76. The van der Waals surface area contributed by atoms with Gasteiger partial charge in [0.2, 0.25) is 0 Å². The van der Waals surface area contributed by atoms with Crippen molar-refractivity contribution >= 4 is 11.6 Å². The molecule has 2 nitrogen and oxygen atoms in total. The van der Waals surface area contributed by atoms with Gasteiger partial charge in [0.25, 0.3) is 0 Å². The Balaban J connectivity index is 3.25. The predicted molar refractivity (Wildman–Crippen MR) is 89.1 cm³/mol. The molecule has 2 unspecified atom stereocenters. The second kappa shape index (κ2) is 7.26. The molecule has 1 aromatic carbocycles. The zero-order valence-corrected chi connectivity index (χ0v) is 13.9. The summed E-state index contributed by atoms with van der Waals surface area (Å²) in [6.45, 7) is 8.29. The third-order valence-corrected chi connectivity index (χ3v) is 4.01. The average molecular weight is 295 g/mol. The fourth-order valence-electron chi connectivity index (χ4n) is 2.92. The number of likely N-dealkylation sites (N-methyl/N-ethyl adjacent to an activating group) is 1. The molecule has 2 N–H and O–H groups in total. The van der Waals surface area contributed by atoms with Crippen molar-refractivity contribution < 1.29 is 0 Å². The van der Waals surface area contributed by atoms with Gasteiger partial charge in [-0.1, -0.05) is 42.7 Å². The lowest BCUT2D eigenvalue weighted by Crippen LogP contribution is -2.54. The summed E-state index contributed by atoms with van der Waals surface area (Å²) < 4.78 is 0. The number of nitrogens with two attached hydrogens (primary N) is 1. The highest BCUT2D eigenvalue weighted by Crippen LogP contribution is 2.34. The van der Waals surface area contributed by atoms with Crippen LogP contribution in [0, 0.1) is 0 Å². The van der Waals surface area contributed by atoms with Crippen LogP contribution in [-0.2, 0) is 5.54 Å². The lowest BCUT2D eigenvalue weighted by atomic mass is 9.76. The molecule has 0 radical (unpaired) electrons. The molecule has 0 bridgehead atoms. The number of hydrogen-bond acceptors (Lipinski definition) is 2. The minimum Gasteiger partial charge on any atom is -0.320 e. The van der Waals surface area contributed by atoms with Gasteiger partial charge >= 0.3 is 0 Å². The van der Waals surface area contributed by atoms with Gasteiger partial charge in [-0.2, -0.15) is 0 Å². The van der Waals surface area contributed by atoms with Gasteiger partial charge in [-0.25, -0.2) is 0 Å². The molecule has 0 spiro atoms. The maximum Gasteiger partial charge on any atom is 0.0604 e. The van der Waals surface area contributed by atoms with E-state index in [1.807, 2.05) is 31.2 Å². The van der Waals surface area contributed by atoms with Crippen LogP contribution in [0.3, 0.4) is 0 Å². The van der Waals surface area contributed by atoms with Gasteiger partial charge in [-0.05, 0) is 51.6 Å². The van der Waals surface area contributed by atoms with Crippen LogP contribution in [0.2, 0.25) is 5.02 Å². The Morgan fingerprint density at radius 2 is 1.90 bits per heavy atom. The number of nitrogens with zero attached hydrogens (tertiary/aromatic N) is 1. The topological polar surface area (TPSA) is 29.3 Å². The van der Waals surface area contributed by atoms with Crippen molar-refractivity contribution in [3.8, 4) is 0 Å². The summed E-state index contributed by atoms with van der Waals surface area (Å²) in [4.78, 5) is 2.22. The molecule has 0 heterocycles. The van der Waals surface area contributed by atoms with E-state index in [-0.39, 0.29) is 6.04 Å². The maximum atomic E-state index is 6.86. The number of rotatable bonds is 7. The van der Waals surface area contributed by atoms with Gasteiger partial charge < -0.3 is 10.6 Å². The third kappa shape index (κ3) is 4.08. The van der Waals surface area contributed by atoms with Crippen molar-refractivity contribution in [2.24, 2.45) is 5.73 Å². The predicted octanol–water partition coefficient (Wildman–Crippen LogP) is 4.19. The first-order chi connectivity index (χ1) is 9.31. The van der Waals surface area contributed by atoms with Crippen LogP contribution >= 0.6 is 11.6 Å². The first kappa shape index (κ1) is 17.2. The molecule has 1 rings (SSSR count). The van der Waals surface area contributed by atoms with Crippen molar-refractivity contribution in [3.63, 3.8) is 0 Å². The Morgan fingerprint density at radius 3 is 2.30 bits per heavy atom. The normalized spacial score (nSPS) is 15.9. The molecule has 0 aliphatic carbocycles. The molecule has 1 aromatic rings. The quantitative estimate of drug-likeness (QED) is 0.764. The van der Waals surface area contributed by atoms with Crippen LogP contribution in [-0.4, -0.2) is 25.0 Å². The van der Waals surface area contributed by atoms with Crippen LogP contribution in [0.4, 0.5) is 0 Å². The zero-order chi connectivity index (χ0) is 15.3. The first-order valence-electron chi connectivity index (χ1n) is 7.17. The molecule has 20 heavy (non-hydrogen) atoms. The van der Waals surface area contributed by atoms with Crippen molar-refractivity contribution in [2.75, 3.05) is 14.1 Å². The SMILES string of the molecule is C=C(C)CC(N)(c1ccc(Cl)cc1)C(CCC)N(C)C. The molecule has 112 valence electrons. The van der Waals surface area contributed by atoms with Gasteiger partial charge in [-0.3, -0.25) is 0 Å². The minimum atomic E-state index is -0.435. The van der Waals surface area contributed by atoms with E-state index in [4.69, 9.17) is 17.3 Å². The number of halogens is 1. The van der Waals surface area contributed by atoms with Crippen LogP contribution in [0.25, 0.3) is 0 Å². The Morgan fingerprint density at radius 1 is 1.35 bits per heavy atom. The van der Waals surface area contributed by atoms with E-state index in [1.54, 1.807) is 0 Å². The fraction of sp³-hybridized carbons (Fsp3) is 0.529. The van der Waals surface area contributed by atoms with Gasteiger partial charge in [-0.15, -0.1) is 6.58 Å². The molecule has 0 saturated heterocycles. The fourth-order valence-corrected chi connectivity index (χ4v) is 3.05. The molecule has 3 heteroatoms. The van der Waals surface area contributed by atoms with Gasteiger partial charge in [0.1, 0.15) is 0 Å². The highest BCUT2D eigenvalue weighted by Gasteiger charge is 2.37. The molecular weight excluding hydrogens is 268 g/mol. The summed E-state index contributed by atoms with van der Waals surface area (Å²) in [5, 5.41) is 0.739. The van der Waals surface area contributed by atoms with E-state index < -0.39 is 5.54 Å². The second-order valence-electron chi connectivity index (χ2n) is 5.95. The van der Waals surface area contributed by atoms with Crippen LogP contribution < -0.4 is 5.73 Å². The molecule has 0 amide bonds. The summed E-state index contributed by atoms with van der Waals surface area (Å²) in [5.74, 6) is 0. The Labute approximate surface area is 128 Å². The van der Waals surface area contributed by atoms with Crippen LogP contribution in [0.15, 0.2) is 36.4 Å². The van der Waals surface area contributed by atoms with Crippen molar-refractivity contribution in [1.82, 2.24) is 4.90 Å². The van der Waals surface area contributed by atoms with E-state index in [9.17, 15) is 0 Å². The van der Waals surface area contributed by atoms with Gasteiger partial charge in [0.05, 0.1) is 5.54 Å². The highest BCUT2D eigenvalue weighted by atomic mass is 35.5. The van der Waals surface area contributed by atoms with E-state index >= 15 is 0 Å². The summed E-state index contributed by atoms with van der Waals surface area (Å²) in [5.41, 5.74) is 8.65. The second-order valence-corrected chi connectivity index (χ2v) is 6.39. The van der Waals surface area contributed by atoms with Crippen molar-refractivity contribution in [1.29, 1.82) is 0 Å². The molecule has 0 fully saturated rings. The smallest absolute Gasteiger partial charge is 0.0604 e. The number of hydrogen-bond donors (Lipinski definition) is 1. The van der Waals surface area contributed by atoms with Gasteiger partial charge in [0.15, 0.2) is 0 Å². The maximum absolute atomic E-state index is 6.86. The van der Waals surface area contributed by atoms with Crippen LogP contribution in [0.5, 0.6) is 0 Å². The van der Waals surface area contributed by atoms with Crippen LogP contribution in [0.1, 0.15) is 38.7 Å². The molecular formula is C17H27ClN2. The molecule has 0 aliphatic rings. The van der Waals surface area contributed by atoms with Gasteiger partial charge in [0, 0.05) is 11.1 Å². The molecule has 0 aliphatic heterocycles. The van der Waals surface area contributed by atoms with Crippen molar-refractivity contribution in [3.05, 3.63) is 47.0 Å². The standard InChI is InChI=1S/C17H27ClN2/c1-6-7-16(20(4)5)17(19,12-13(2)3)14-8-10-15(18)11-9-14/h8-11,16H,2,6-7,12,19H2,1,3-5H3. The van der Waals surface area contributed by atoms with Crippen molar-refractivity contribution in [2.45, 2.75) is 44.7 Å². The Bertz CT molecular complexity index is 439. The number of benzene rings is 1. The highest BCUT2D eigenvalue weighted by molar-refractivity contribution is 6.30. The molecule has 0 aromatic heterocycles. The Kier molecular flexibility index (Phi) is 6.25. The lowest BCUT2D eigenvalue weighted by molar-refractivity contribution is 0.162. The average Bonchev–Trinajstić information content (AvgIpc) is 2.35. The summed E-state index contributed by atoms with van der Waals surface area (Å²) >= 11 is 6.00. The summed E-state index contributed by atoms with van der Waals surface area (Å²) in [6.07, 6.45) is 2.93. The lowest BCUT2D eigenvalue weighted by Gasteiger charge is -2.42. The van der Waals surface area contributed by atoms with E-state index in [1.165, 1.54) is 0 Å². The molecule has 0 saturated carbocycles. The summed E-state index contributed by atoms with van der Waals surface area (Å²) in [6, 6.07) is 8.17. The van der Waals surface area contributed by atoms with E-state index in [0.717, 1.165) is 35.4 Å². The largest absolute Gasteiger partial charge is 0.320 e. The molecule has 2 atom stereocenters.